The van der Waals surface area contributed by atoms with Gasteiger partial charge in [-0.3, -0.25) is 4.79 Å². The summed E-state index contributed by atoms with van der Waals surface area (Å²) in [5.41, 5.74) is 1.70. The number of benzene rings is 1. The van der Waals surface area contributed by atoms with Gasteiger partial charge in [0.25, 0.3) is 5.91 Å². The minimum Gasteiger partial charge on any atom is -0.475 e. The molecule has 1 saturated heterocycles. The van der Waals surface area contributed by atoms with Crippen molar-refractivity contribution in [3.63, 3.8) is 0 Å². The maximum Gasteiger partial charge on any atom is 0.276 e. The van der Waals surface area contributed by atoms with Crippen molar-refractivity contribution in [2.45, 2.75) is 25.8 Å². The molecule has 126 valence electrons. The molecular formula is C18H20ClN3O2. The van der Waals surface area contributed by atoms with Gasteiger partial charge in [-0.05, 0) is 30.7 Å². The summed E-state index contributed by atoms with van der Waals surface area (Å²) in [5, 5.41) is 4.67. The molecule has 0 saturated carbocycles. The van der Waals surface area contributed by atoms with Crippen molar-refractivity contribution in [1.29, 1.82) is 0 Å². The number of amides is 1. The smallest absolute Gasteiger partial charge is 0.276 e. The molecule has 0 bridgehead atoms. The third-order valence-corrected chi connectivity index (χ3v) is 5.20. The largest absolute Gasteiger partial charge is 0.475 e. The van der Waals surface area contributed by atoms with Crippen molar-refractivity contribution in [2.24, 2.45) is 5.92 Å². The van der Waals surface area contributed by atoms with Crippen LogP contribution in [0.4, 0.5) is 0 Å². The number of hydrogen-bond acceptors (Lipinski definition) is 3. The molecule has 2 aliphatic heterocycles. The van der Waals surface area contributed by atoms with Crippen LogP contribution < -0.4 is 4.74 Å². The van der Waals surface area contributed by atoms with Gasteiger partial charge in [0.2, 0.25) is 5.88 Å². The quantitative estimate of drug-likeness (QED) is 0.859. The van der Waals surface area contributed by atoms with E-state index in [1.807, 2.05) is 11.0 Å². The van der Waals surface area contributed by atoms with Gasteiger partial charge in [-0.15, -0.1) is 0 Å². The summed E-state index contributed by atoms with van der Waals surface area (Å²) >= 11 is 6.26. The van der Waals surface area contributed by atoms with Gasteiger partial charge >= 0.3 is 0 Å². The van der Waals surface area contributed by atoms with Crippen molar-refractivity contribution < 1.29 is 9.53 Å². The Morgan fingerprint density at radius 1 is 1.21 bits per heavy atom. The second kappa shape index (κ2) is 6.48. The molecule has 3 heterocycles. The number of likely N-dealkylation sites (tertiary alicyclic amines) is 1. The second-order valence-corrected chi connectivity index (χ2v) is 6.84. The number of piperidine rings is 1. The number of ether oxygens (including phenoxy) is 1. The molecule has 4 rings (SSSR count). The lowest BCUT2D eigenvalue weighted by Crippen LogP contribution is -2.39. The van der Waals surface area contributed by atoms with Gasteiger partial charge in [0.1, 0.15) is 11.6 Å². The first-order chi connectivity index (χ1) is 11.7. The fraction of sp³-hybridized carbons (Fsp3) is 0.444. The number of hydrogen-bond donors (Lipinski definition) is 0. The molecule has 0 unspecified atom stereocenters. The fourth-order valence-electron chi connectivity index (χ4n) is 3.52. The molecule has 2 aromatic rings. The van der Waals surface area contributed by atoms with Crippen LogP contribution in [0.2, 0.25) is 5.02 Å². The first kappa shape index (κ1) is 15.5. The van der Waals surface area contributed by atoms with E-state index in [0.717, 1.165) is 32.4 Å². The Balaban J connectivity index is 1.38. The maximum atomic E-state index is 12.7. The highest BCUT2D eigenvalue weighted by Crippen LogP contribution is 2.32. The predicted octanol–water partition coefficient (Wildman–Crippen LogP) is 3.02. The van der Waals surface area contributed by atoms with Crippen molar-refractivity contribution in [2.75, 3.05) is 19.7 Å². The maximum absolute atomic E-state index is 12.7. The summed E-state index contributed by atoms with van der Waals surface area (Å²) < 4.78 is 7.11. The van der Waals surface area contributed by atoms with Gasteiger partial charge in [-0.1, -0.05) is 41.9 Å². The average Bonchev–Trinajstić information content (AvgIpc) is 3.19. The first-order valence-electron chi connectivity index (χ1n) is 8.44. The van der Waals surface area contributed by atoms with Crippen LogP contribution in [-0.2, 0) is 13.0 Å². The molecular weight excluding hydrogens is 326 g/mol. The Labute approximate surface area is 146 Å². The Morgan fingerprint density at radius 3 is 2.67 bits per heavy atom. The van der Waals surface area contributed by atoms with Gasteiger partial charge in [0, 0.05) is 13.1 Å². The molecule has 24 heavy (non-hydrogen) atoms. The molecule has 0 spiro atoms. The van der Waals surface area contributed by atoms with Gasteiger partial charge in [-0.2, -0.15) is 5.10 Å². The number of aromatic nitrogens is 2. The monoisotopic (exact) mass is 345 g/mol. The molecule has 5 nitrogen and oxygen atoms in total. The standard InChI is InChI=1S/C18H20ClN3O2/c19-15-16(20-22-10-11-24-18(15)22)17(23)21-8-6-14(7-9-21)12-13-4-2-1-3-5-13/h1-5,14H,6-12H2. The first-order valence-corrected chi connectivity index (χ1v) is 8.82. The molecule has 0 radical (unpaired) electrons. The molecule has 6 heteroatoms. The van der Waals surface area contributed by atoms with Crippen molar-refractivity contribution in [3.05, 3.63) is 46.6 Å². The van der Waals surface area contributed by atoms with Gasteiger partial charge in [-0.25, -0.2) is 4.68 Å². The highest BCUT2D eigenvalue weighted by molar-refractivity contribution is 6.34. The summed E-state index contributed by atoms with van der Waals surface area (Å²) in [6, 6.07) is 10.5. The Bertz CT molecular complexity index is 736. The molecule has 0 aliphatic carbocycles. The lowest BCUT2D eigenvalue weighted by atomic mass is 9.90. The molecule has 1 amide bonds. The minimum atomic E-state index is -0.0799. The number of carbonyl (C=O) groups excluding carboxylic acids is 1. The second-order valence-electron chi connectivity index (χ2n) is 6.46. The van der Waals surface area contributed by atoms with E-state index in [0.29, 0.717) is 35.7 Å². The Morgan fingerprint density at radius 2 is 1.96 bits per heavy atom. The van der Waals surface area contributed by atoms with Crippen LogP contribution in [-0.4, -0.2) is 40.3 Å². The van der Waals surface area contributed by atoms with Crippen LogP contribution in [0.15, 0.2) is 30.3 Å². The third-order valence-electron chi connectivity index (χ3n) is 4.86. The zero-order valence-electron chi connectivity index (χ0n) is 13.4. The molecule has 2 aliphatic rings. The van der Waals surface area contributed by atoms with Crippen LogP contribution in [0, 0.1) is 5.92 Å². The molecule has 1 aromatic heterocycles. The summed E-state index contributed by atoms with van der Waals surface area (Å²) in [4.78, 5) is 14.6. The van der Waals surface area contributed by atoms with E-state index in [1.165, 1.54) is 5.56 Å². The van der Waals surface area contributed by atoms with Gasteiger partial charge in [0.15, 0.2) is 5.69 Å². The van der Waals surface area contributed by atoms with Crippen LogP contribution in [0.5, 0.6) is 5.88 Å². The van der Waals surface area contributed by atoms with Crippen LogP contribution in [0.1, 0.15) is 28.9 Å². The Hall–Kier alpha value is -2.01. The predicted molar refractivity (Wildman–Crippen MR) is 91.5 cm³/mol. The Kier molecular flexibility index (Phi) is 4.19. The highest BCUT2D eigenvalue weighted by Gasteiger charge is 2.31. The number of halogens is 1. The molecule has 0 N–H and O–H groups in total. The van der Waals surface area contributed by atoms with Crippen molar-refractivity contribution in [1.82, 2.24) is 14.7 Å². The minimum absolute atomic E-state index is 0.0799. The van der Waals surface area contributed by atoms with Crippen LogP contribution in [0.25, 0.3) is 0 Å². The van der Waals surface area contributed by atoms with Crippen molar-refractivity contribution >= 4 is 17.5 Å². The highest BCUT2D eigenvalue weighted by atomic mass is 35.5. The van der Waals surface area contributed by atoms with Crippen LogP contribution >= 0.6 is 11.6 Å². The summed E-state index contributed by atoms with van der Waals surface area (Å²) in [5.74, 6) is 1.07. The van der Waals surface area contributed by atoms with E-state index < -0.39 is 0 Å². The third kappa shape index (κ3) is 2.88. The lowest BCUT2D eigenvalue weighted by molar-refractivity contribution is 0.0683. The van der Waals surface area contributed by atoms with E-state index in [-0.39, 0.29) is 5.91 Å². The molecule has 1 fully saturated rings. The summed E-state index contributed by atoms with van der Waals surface area (Å²) in [6.45, 7) is 2.74. The molecule has 1 aromatic carbocycles. The average molecular weight is 346 g/mol. The number of nitrogens with zero attached hydrogens (tertiary/aromatic N) is 3. The van der Waals surface area contributed by atoms with Gasteiger partial charge < -0.3 is 9.64 Å². The van der Waals surface area contributed by atoms with E-state index in [9.17, 15) is 4.79 Å². The van der Waals surface area contributed by atoms with Gasteiger partial charge in [0.05, 0.1) is 6.54 Å². The topological polar surface area (TPSA) is 47.4 Å². The van der Waals surface area contributed by atoms with Crippen molar-refractivity contribution in [3.8, 4) is 5.88 Å². The summed E-state index contributed by atoms with van der Waals surface area (Å²) in [6.07, 6.45) is 3.11. The molecule has 0 atom stereocenters. The number of rotatable bonds is 3. The zero-order chi connectivity index (χ0) is 16.5. The SMILES string of the molecule is O=C(c1nn2c(c1Cl)OCC2)N1CCC(Cc2ccccc2)CC1. The lowest BCUT2D eigenvalue weighted by Gasteiger charge is -2.31. The summed E-state index contributed by atoms with van der Waals surface area (Å²) in [7, 11) is 0. The van der Waals surface area contributed by atoms with E-state index in [2.05, 4.69) is 29.4 Å². The fourth-order valence-corrected chi connectivity index (χ4v) is 3.79. The van der Waals surface area contributed by atoms with Crippen LogP contribution in [0.3, 0.4) is 0 Å². The van der Waals surface area contributed by atoms with E-state index in [4.69, 9.17) is 16.3 Å². The number of fused-ring (bicyclic) bond motifs is 1. The van der Waals surface area contributed by atoms with E-state index >= 15 is 0 Å². The normalized spacial score (nSPS) is 17.6. The van der Waals surface area contributed by atoms with E-state index in [1.54, 1.807) is 4.68 Å². The number of carbonyl (C=O) groups is 1. The zero-order valence-corrected chi connectivity index (χ0v) is 14.2.